The van der Waals surface area contributed by atoms with Gasteiger partial charge in [-0.3, -0.25) is 18.7 Å². The molecule has 2 unspecified atom stereocenters. The third kappa shape index (κ3) is 5.72. The second kappa shape index (κ2) is 5.92. The van der Waals surface area contributed by atoms with E-state index in [1.54, 1.807) is 0 Å². The summed E-state index contributed by atoms with van der Waals surface area (Å²) in [4.78, 5) is 56.4. The van der Waals surface area contributed by atoms with Gasteiger partial charge in [0, 0.05) is 0 Å². The lowest BCUT2D eigenvalue weighted by Crippen LogP contribution is -2.31. The molecule has 0 aliphatic carbocycles. The molecule has 0 aliphatic heterocycles. The molecule has 0 aromatic heterocycles. The average Bonchev–Trinajstić information content (AvgIpc) is 2.06. The van der Waals surface area contributed by atoms with Crippen molar-refractivity contribution in [3.05, 3.63) is 0 Å². The summed E-state index contributed by atoms with van der Waals surface area (Å²) in [6.07, 6.45) is -2.49. The number of carboxylic acid groups (broad SMARTS) is 2. The van der Waals surface area contributed by atoms with Crippen molar-refractivity contribution in [3.8, 4) is 0 Å². The van der Waals surface area contributed by atoms with Crippen LogP contribution in [-0.4, -0.2) is 53.0 Å². The van der Waals surface area contributed by atoms with Gasteiger partial charge in [0.25, 0.3) is 0 Å². The van der Waals surface area contributed by atoms with Gasteiger partial charge in [0.15, 0.2) is 0 Å². The summed E-state index contributed by atoms with van der Waals surface area (Å²) < 4.78 is 22.1. The van der Waals surface area contributed by atoms with Crippen molar-refractivity contribution in [3.63, 3.8) is 0 Å². The largest absolute Gasteiger partial charge is 0.481 e. The number of hydrogen-bond donors (Lipinski definition) is 6. The minimum Gasteiger partial charge on any atom is -0.481 e. The number of carboxylic acids is 2. The molecule has 2 atom stereocenters. The summed E-state index contributed by atoms with van der Waals surface area (Å²) >= 11 is 0. The molecule has 12 heteroatoms. The van der Waals surface area contributed by atoms with Crippen LogP contribution in [0.1, 0.15) is 12.8 Å². The van der Waals surface area contributed by atoms with E-state index in [-0.39, 0.29) is 0 Å². The normalized spacial score (nSPS) is 16.0. The van der Waals surface area contributed by atoms with Crippen LogP contribution in [0.3, 0.4) is 0 Å². The first-order valence-electron chi connectivity index (χ1n) is 4.39. The number of aliphatic carboxylic acids is 2. The lowest BCUT2D eigenvalue weighted by Gasteiger charge is -2.25. The van der Waals surface area contributed by atoms with E-state index in [4.69, 9.17) is 29.8 Å². The predicted molar refractivity (Wildman–Crippen MR) is 56.2 cm³/mol. The summed E-state index contributed by atoms with van der Waals surface area (Å²) in [6, 6.07) is 0. The Kier molecular flexibility index (Phi) is 5.67. The smallest absolute Gasteiger partial charge is 0.330 e. The molecule has 18 heavy (non-hydrogen) atoms. The Hall–Kier alpha value is -0.760. The van der Waals surface area contributed by atoms with E-state index >= 15 is 0 Å². The van der Waals surface area contributed by atoms with E-state index < -0.39 is 51.3 Å². The fourth-order valence-corrected chi connectivity index (χ4v) is 4.25. The molecule has 0 radical (unpaired) electrons. The van der Waals surface area contributed by atoms with Crippen molar-refractivity contribution in [1.82, 2.24) is 0 Å². The number of carbonyl (C=O) groups is 2. The van der Waals surface area contributed by atoms with E-state index in [2.05, 4.69) is 0 Å². The Labute approximate surface area is 101 Å². The van der Waals surface area contributed by atoms with Crippen LogP contribution in [0.5, 0.6) is 0 Å². The Balaban J connectivity index is 5.48. The third-order valence-electron chi connectivity index (χ3n) is 2.08. The molecule has 10 nitrogen and oxygen atoms in total. The SMILES string of the molecule is O=C(O)CC(C(CC(=O)O)P(=O)(O)O)P(=O)(O)O. The van der Waals surface area contributed by atoms with Gasteiger partial charge in [0.1, 0.15) is 0 Å². The number of hydrogen-bond acceptors (Lipinski definition) is 4. The van der Waals surface area contributed by atoms with Crippen LogP contribution >= 0.6 is 15.2 Å². The molecule has 6 N–H and O–H groups in total. The topological polar surface area (TPSA) is 190 Å². The Morgan fingerprint density at radius 2 is 1.00 bits per heavy atom. The van der Waals surface area contributed by atoms with Crippen LogP contribution in [0.15, 0.2) is 0 Å². The lowest BCUT2D eigenvalue weighted by molar-refractivity contribution is -0.139. The zero-order valence-electron chi connectivity index (χ0n) is 8.78. The van der Waals surface area contributed by atoms with Crippen LogP contribution < -0.4 is 0 Å². The van der Waals surface area contributed by atoms with E-state index in [0.717, 1.165) is 0 Å². The van der Waals surface area contributed by atoms with E-state index in [1.807, 2.05) is 0 Å². The van der Waals surface area contributed by atoms with Gasteiger partial charge in [-0.1, -0.05) is 0 Å². The lowest BCUT2D eigenvalue weighted by atomic mass is 10.2. The fraction of sp³-hybridized carbons (Fsp3) is 0.667. The van der Waals surface area contributed by atoms with Gasteiger partial charge in [0.05, 0.1) is 24.2 Å². The zero-order chi connectivity index (χ0) is 14.7. The predicted octanol–water partition coefficient (Wildman–Crippen LogP) is -0.972. The minimum absolute atomic E-state index is 1.24. The Morgan fingerprint density at radius 1 is 0.778 bits per heavy atom. The maximum absolute atomic E-state index is 11.0. The molecule has 0 saturated heterocycles. The van der Waals surface area contributed by atoms with E-state index in [9.17, 15) is 18.7 Å². The monoisotopic (exact) mass is 306 g/mol. The summed E-state index contributed by atoms with van der Waals surface area (Å²) in [5, 5.41) is 16.9. The molecule has 0 amide bonds. The zero-order valence-corrected chi connectivity index (χ0v) is 10.6. The first-order chi connectivity index (χ1) is 7.85. The van der Waals surface area contributed by atoms with Gasteiger partial charge in [-0.15, -0.1) is 0 Å². The van der Waals surface area contributed by atoms with Crippen molar-refractivity contribution < 1.29 is 48.5 Å². The Morgan fingerprint density at radius 3 is 1.11 bits per heavy atom. The highest BCUT2D eigenvalue weighted by atomic mass is 31.2. The van der Waals surface area contributed by atoms with E-state index in [1.165, 1.54) is 0 Å². The van der Waals surface area contributed by atoms with E-state index in [0.29, 0.717) is 0 Å². The maximum Gasteiger partial charge on any atom is 0.330 e. The molecular weight excluding hydrogens is 294 g/mol. The maximum atomic E-state index is 11.0. The van der Waals surface area contributed by atoms with Gasteiger partial charge in [-0.05, 0) is 0 Å². The molecule has 0 heterocycles. The molecule has 0 saturated carbocycles. The molecule has 0 spiro atoms. The van der Waals surface area contributed by atoms with Crippen LogP contribution in [0.25, 0.3) is 0 Å². The molecule has 106 valence electrons. The van der Waals surface area contributed by atoms with Gasteiger partial charge in [-0.25, -0.2) is 0 Å². The van der Waals surface area contributed by atoms with Gasteiger partial charge in [-0.2, -0.15) is 0 Å². The summed E-state index contributed by atoms with van der Waals surface area (Å²) in [5.74, 6) is -3.40. The summed E-state index contributed by atoms with van der Waals surface area (Å²) in [6.45, 7) is 0. The number of rotatable bonds is 7. The minimum atomic E-state index is -5.17. The standard InChI is InChI=1S/C6H12O10P2/c7-5(8)1-3(17(11,12)13)4(2-6(9)10)18(14,15)16/h3-4H,1-2H2,(H,7,8)(H,9,10)(H2,11,12,13)(H2,14,15,16). The second-order valence-electron chi connectivity index (χ2n) is 3.51. The van der Waals surface area contributed by atoms with Crippen LogP contribution in [0, 0.1) is 0 Å². The van der Waals surface area contributed by atoms with Crippen molar-refractivity contribution in [2.45, 2.75) is 24.2 Å². The van der Waals surface area contributed by atoms with Crippen LogP contribution in [0.2, 0.25) is 0 Å². The molecule has 0 aliphatic rings. The highest BCUT2D eigenvalue weighted by Gasteiger charge is 2.47. The molecule has 0 rings (SSSR count). The highest BCUT2D eigenvalue weighted by molar-refractivity contribution is 7.57. The first-order valence-corrected chi connectivity index (χ1v) is 7.76. The van der Waals surface area contributed by atoms with Gasteiger partial charge >= 0.3 is 27.1 Å². The quantitative estimate of drug-likeness (QED) is 0.319. The first kappa shape index (κ1) is 17.2. The Bertz CT molecular complexity index is 378. The molecule has 0 aromatic carbocycles. The fourth-order valence-electron chi connectivity index (χ4n) is 1.32. The van der Waals surface area contributed by atoms with Crippen molar-refractivity contribution in [2.75, 3.05) is 0 Å². The molecule has 0 aromatic rings. The van der Waals surface area contributed by atoms with Crippen LogP contribution in [0.4, 0.5) is 0 Å². The molecule has 0 bridgehead atoms. The molecule has 0 fully saturated rings. The van der Waals surface area contributed by atoms with Gasteiger partial charge in [0.2, 0.25) is 0 Å². The second-order valence-corrected chi connectivity index (χ2v) is 7.19. The molecular formula is C6H12O10P2. The average molecular weight is 306 g/mol. The summed E-state index contributed by atoms with van der Waals surface area (Å²) in [7, 11) is -10.3. The van der Waals surface area contributed by atoms with Crippen molar-refractivity contribution >= 4 is 27.1 Å². The van der Waals surface area contributed by atoms with Crippen LogP contribution in [-0.2, 0) is 18.7 Å². The van der Waals surface area contributed by atoms with Crippen molar-refractivity contribution in [2.24, 2.45) is 0 Å². The highest BCUT2D eigenvalue weighted by Crippen LogP contribution is 2.56. The van der Waals surface area contributed by atoms with Gasteiger partial charge < -0.3 is 29.8 Å². The van der Waals surface area contributed by atoms with Crippen molar-refractivity contribution in [1.29, 1.82) is 0 Å². The third-order valence-corrected chi connectivity index (χ3v) is 5.12. The summed E-state index contributed by atoms with van der Waals surface area (Å²) in [5.41, 5.74) is -4.51.